The van der Waals surface area contributed by atoms with Crippen LogP contribution in [0.15, 0.2) is 57.8 Å². The van der Waals surface area contributed by atoms with E-state index in [-0.39, 0.29) is 10.5 Å². The Balaban J connectivity index is 2.31. The van der Waals surface area contributed by atoms with Gasteiger partial charge in [0, 0.05) is 11.8 Å². The third-order valence-corrected chi connectivity index (χ3v) is 4.09. The first-order valence-corrected chi connectivity index (χ1v) is 7.49. The minimum Gasteiger partial charge on any atom is -0.497 e. The van der Waals surface area contributed by atoms with Crippen molar-refractivity contribution >= 4 is 22.5 Å². The maximum Gasteiger partial charge on any atom is 0.283 e. The second kappa shape index (κ2) is 6.32. The number of carbonyl (C=O) groups is 1. The van der Waals surface area contributed by atoms with Crippen LogP contribution in [0.3, 0.4) is 0 Å². The molecule has 0 amide bonds. The summed E-state index contributed by atoms with van der Waals surface area (Å²) in [5, 5.41) is 0. The van der Waals surface area contributed by atoms with Gasteiger partial charge in [-0.1, -0.05) is 18.2 Å². The van der Waals surface area contributed by atoms with Gasteiger partial charge >= 0.3 is 0 Å². The lowest BCUT2D eigenvalue weighted by atomic mass is 10.2. The Morgan fingerprint density at radius 2 is 1.71 bits per heavy atom. The van der Waals surface area contributed by atoms with Crippen LogP contribution in [0.4, 0.5) is 0 Å². The summed E-state index contributed by atoms with van der Waals surface area (Å²) in [6, 6.07) is 12.7. The van der Waals surface area contributed by atoms with E-state index in [0.717, 1.165) is 0 Å². The van der Waals surface area contributed by atoms with Crippen LogP contribution in [0.1, 0.15) is 15.9 Å². The van der Waals surface area contributed by atoms with E-state index in [0.29, 0.717) is 17.6 Å². The van der Waals surface area contributed by atoms with Crippen LogP contribution >= 0.6 is 0 Å². The lowest BCUT2D eigenvalue weighted by Crippen LogP contribution is -2.02. The van der Waals surface area contributed by atoms with Crippen LogP contribution in [-0.4, -0.2) is 28.0 Å². The molecule has 0 aromatic heterocycles. The maximum atomic E-state index is 12.1. The van der Waals surface area contributed by atoms with Crippen molar-refractivity contribution in [3.8, 4) is 5.75 Å². The number of aldehydes is 1. The molecule has 0 aliphatic carbocycles. The average Bonchev–Trinajstić information content (AvgIpc) is 2.53. The van der Waals surface area contributed by atoms with E-state index in [1.54, 1.807) is 43.5 Å². The van der Waals surface area contributed by atoms with Crippen molar-refractivity contribution in [2.24, 2.45) is 4.40 Å². The topological polar surface area (TPSA) is 72.8 Å². The molecule has 0 unspecified atom stereocenters. The minimum atomic E-state index is -3.91. The summed E-state index contributed by atoms with van der Waals surface area (Å²) in [6.45, 7) is 0. The van der Waals surface area contributed by atoms with Crippen molar-refractivity contribution in [1.29, 1.82) is 0 Å². The van der Waals surface area contributed by atoms with Gasteiger partial charge in [-0.05, 0) is 35.9 Å². The zero-order chi connectivity index (χ0) is 15.3. The van der Waals surface area contributed by atoms with Crippen LogP contribution in [0, 0.1) is 0 Å². The van der Waals surface area contributed by atoms with Gasteiger partial charge in [0.05, 0.1) is 12.0 Å². The first-order chi connectivity index (χ1) is 10.1. The van der Waals surface area contributed by atoms with Crippen LogP contribution < -0.4 is 4.74 Å². The number of hydrogen-bond acceptors (Lipinski definition) is 4. The summed E-state index contributed by atoms with van der Waals surface area (Å²) in [5.41, 5.74) is 0.701. The molecule has 2 aromatic carbocycles. The molecule has 5 nitrogen and oxygen atoms in total. The number of sulfonamides is 1. The number of carbonyl (C=O) groups excluding carboxylic acids is 1. The van der Waals surface area contributed by atoms with Gasteiger partial charge in [0.1, 0.15) is 5.75 Å². The largest absolute Gasteiger partial charge is 0.497 e. The van der Waals surface area contributed by atoms with Crippen LogP contribution in [0.5, 0.6) is 5.75 Å². The summed E-state index contributed by atoms with van der Waals surface area (Å²) in [5.74, 6) is 0.668. The van der Waals surface area contributed by atoms with Gasteiger partial charge in [-0.25, -0.2) is 0 Å². The Kier molecular flexibility index (Phi) is 4.49. The lowest BCUT2D eigenvalue weighted by molar-refractivity contribution is 0.112. The Labute approximate surface area is 123 Å². The molecule has 2 rings (SSSR count). The quantitative estimate of drug-likeness (QED) is 0.627. The molecule has 0 heterocycles. The van der Waals surface area contributed by atoms with Crippen molar-refractivity contribution in [1.82, 2.24) is 0 Å². The molecule has 0 spiro atoms. The summed E-state index contributed by atoms with van der Waals surface area (Å²) >= 11 is 0. The first-order valence-electron chi connectivity index (χ1n) is 6.05. The molecule has 0 N–H and O–H groups in total. The van der Waals surface area contributed by atoms with Crippen molar-refractivity contribution < 1.29 is 17.9 Å². The average molecular weight is 303 g/mol. The van der Waals surface area contributed by atoms with Crippen molar-refractivity contribution in [2.45, 2.75) is 4.90 Å². The lowest BCUT2D eigenvalue weighted by Gasteiger charge is -2.02. The SMILES string of the molecule is COc1ccc(C=NS(=O)(=O)c2ccccc2C=O)cc1. The molecule has 0 saturated heterocycles. The van der Waals surface area contributed by atoms with Crippen LogP contribution in [0.25, 0.3) is 0 Å². The molecule has 21 heavy (non-hydrogen) atoms. The molecular weight excluding hydrogens is 290 g/mol. The van der Waals surface area contributed by atoms with Gasteiger partial charge in [-0.2, -0.15) is 12.8 Å². The van der Waals surface area contributed by atoms with E-state index in [1.165, 1.54) is 18.3 Å². The van der Waals surface area contributed by atoms with E-state index < -0.39 is 10.0 Å². The number of methoxy groups -OCH3 is 1. The van der Waals surface area contributed by atoms with Gasteiger partial charge in [0.2, 0.25) is 0 Å². The predicted molar refractivity (Wildman–Crippen MR) is 79.6 cm³/mol. The molecule has 0 fully saturated rings. The molecule has 0 aliphatic rings. The van der Waals surface area contributed by atoms with E-state index in [4.69, 9.17) is 4.74 Å². The van der Waals surface area contributed by atoms with E-state index in [1.807, 2.05) is 0 Å². The Hall–Kier alpha value is -2.47. The molecule has 0 bridgehead atoms. The highest BCUT2D eigenvalue weighted by atomic mass is 32.2. The van der Waals surface area contributed by atoms with E-state index in [9.17, 15) is 13.2 Å². The van der Waals surface area contributed by atoms with Gasteiger partial charge in [-0.3, -0.25) is 4.79 Å². The zero-order valence-electron chi connectivity index (χ0n) is 11.3. The van der Waals surface area contributed by atoms with Crippen molar-refractivity contribution in [3.63, 3.8) is 0 Å². The van der Waals surface area contributed by atoms with Gasteiger partial charge in [0.25, 0.3) is 10.0 Å². The Morgan fingerprint density at radius 3 is 2.33 bits per heavy atom. The molecule has 2 aromatic rings. The molecule has 108 valence electrons. The summed E-state index contributed by atoms with van der Waals surface area (Å²) in [7, 11) is -2.36. The standard InChI is InChI=1S/C15H13NO4S/c1-20-14-8-6-12(7-9-14)10-16-21(18,19)15-5-3-2-4-13(15)11-17/h2-11H,1H3. The highest BCUT2D eigenvalue weighted by Crippen LogP contribution is 2.16. The maximum absolute atomic E-state index is 12.1. The van der Waals surface area contributed by atoms with Crippen LogP contribution in [-0.2, 0) is 10.0 Å². The summed E-state index contributed by atoms with van der Waals surface area (Å²) in [4.78, 5) is 10.8. The predicted octanol–water partition coefficient (Wildman–Crippen LogP) is 2.32. The van der Waals surface area contributed by atoms with Crippen molar-refractivity contribution in [2.75, 3.05) is 7.11 Å². The second-order valence-electron chi connectivity index (χ2n) is 4.14. The Bertz CT molecular complexity index is 765. The first kappa shape index (κ1) is 14.9. The van der Waals surface area contributed by atoms with E-state index in [2.05, 4.69) is 4.40 Å². The molecule has 0 aliphatic heterocycles. The number of benzene rings is 2. The molecule has 0 radical (unpaired) electrons. The smallest absolute Gasteiger partial charge is 0.283 e. The van der Waals surface area contributed by atoms with Gasteiger partial charge < -0.3 is 4.74 Å². The fourth-order valence-electron chi connectivity index (χ4n) is 1.69. The molecule has 6 heteroatoms. The fraction of sp³-hybridized carbons (Fsp3) is 0.0667. The zero-order valence-corrected chi connectivity index (χ0v) is 12.1. The summed E-state index contributed by atoms with van der Waals surface area (Å²) in [6.07, 6.45) is 1.73. The third-order valence-electron chi connectivity index (χ3n) is 2.78. The normalized spacial score (nSPS) is 11.5. The number of ether oxygens (including phenoxy) is 1. The van der Waals surface area contributed by atoms with Crippen molar-refractivity contribution in [3.05, 3.63) is 59.7 Å². The fourth-order valence-corrected chi connectivity index (χ4v) is 2.73. The number of rotatable bonds is 5. The second-order valence-corrected chi connectivity index (χ2v) is 5.74. The highest BCUT2D eigenvalue weighted by Gasteiger charge is 2.15. The van der Waals surface area contributed by atoms with Gasteiger partial charge in [-0.15, -0.1) is 0 Å². The van der Waals surface area contributed by atoms with Gasteiger partial charge in [0.15, 0.2) is 6.29 Å². The third kappa shape index (κ3) is 3.55. The Morgan fingerprint density at radius 1 is 1.05 bits per heavy atom. The highest BCUT2D eigenvalue weighted by molar-refractivity contribution is 7.90. The van der Waals surface area contributed by atoms with E-state index >= 15 is 0 Å². The molecule has 0 atom stereocenters. The number of nitrogens with zero attached hydrogens (tertiary/aromatic N) is 1. The minimum absolute atomic E-state index is 0.0874. The monoisotopic (exact) mass is 303 g/mol. The van der Waals surface area contributed by atoms with Crippen LogP contribution in [0.2, 0.25) is 0 Å². The summed E-state index contributed by atoms with van der Waals surface area (Å²) < 4.78 is 32.9. The number of hydrogen-bond donors (Lipinski definition) is 0. The molecular formula is C15H13NO4S. The molecule has 0 saturated carbocycles.